The highest BCUT2D eigenvalue weighted by molar-refractivity contribution is 6.33. The van der Waals surface area contributed by atoms with Crippen molar-refractivity contribution in [3.05, 3.63) is 52.8 Å². The first-order valence-electron chi connectivity index (χ1n) is 5.85. The van der Waals surface area contributed by atoms with E-state index < -0.39 is 5.82 Å². The predicted molar refractivity (Wildman–Crippen MR) is 78.9 cm³/mol. The van der Waals surface area contributed by atoms with E-state index in [1.165, 1.54) is 31.3 Å². The van der Waals surface area contributed by atoms with E-state index in [0.29, 0.717) is 27.6 Å². The number of nitrogen functional groups attached to an aromatic ring is 1. The number of hydrogen-bond donors (Lipinski definition) is 3. The molecule has 0 aliphatic carbocycles. The van der Waals surface area contributed by atoms with Gasteiger partial charge in [0.2, 0.25) is 0 Å². The van der Waals surface area contributed by atoms with E-state index in [2.05, 4.69) is 10.6 Å². The third-order valence-electron chi connectivity index (χ3n) is 2.74. The Balaban J connectivity index is 2.30. The molecule has 0 saturated heterocycles. The highest BCUT2D eigenvalue weighted by atomic mass is 35.5. The second-order valence-electron chi connectivity index (χ2n) is 4.13. The third-order valence-corrected chi connectivity index (χ3v) is 3.07. The maximum absolute atomic E-state index is 13.2. The minimum Gasteiger partial charge on any atom is -0.397 e. The summed E-state index contributed by atoms with van der Waals surface area (Å²) in [6.45, 7) is 0. The third kappa shape index (κ3) is 3.00. The molecule has 2 aromatic carbocycles. The van der Waals surface area contributed by atoms with Gasteiger partial charge in [0.25, 0.3) is 5.91 Å². The molecule has 0 atom stereocenters. The number of carbonyl (C=O) groups excluding carboxylic acids is 1. The number of halogens is 2. The van der Waals surface area contributed by atoms with Crippen molar-refractivity contribution in [1.29, 1.82) is 0 Å². The molecule has 0 aliphatic rings. The summed E-state index contributed by atoms with van der Waals surface area (Å²) in [6.07, 6.45) is 0. The van der Waals surface area contributed by atoms with Crippen LogP contribution in [0.1, 0.15) is 10.4 Å². The van der Waals surface area contributed by atoms with Crippen molar-refractivity contribution in [2.75, 3.05) is 18.1 Å². The molecule has 6 heteroatoms. The molecule has 0 heterocycles. The Labute approximate surface area is 120 Å². The normalized spacial score (nSPS) is 10.2. The van der Waals surface area contributed by atoms with Gasteiger partial charge in [-0.1, -0.05) is 11.6 Å². The van der Waals surface area contributed by atoms with Crippen LogP contribution in [-0.2, 0) is 0 Å². The van der Waals surface area contributed by atoms with Gasteiger partial charge in [-0.2, -0.15) is 0 Å². The number of anilines is 3. The summed E-state index contributed by atoms with van der Waals surface area (Å²) < 4.78 is 13.2. The topological polar surface area (TPSA) is 67.2 Å². The number of rotatable bonds is 3. The van der Waals surface area contributed by atoms with Gasteiger partial charge in [0.05, 0.1) is 22.1 Å². The van der Waals surface area contributed by atoms with Gasteiger partial charge in [0, 0.05) is 12.6 Å². The molecule has 1 amide bonds. The molecule has 0 bridgehead atoms. The van der Waals surface area contributed by atoms with E-state index in [0.717, 1.165) is 0 Å². The molecule has 0 radical (unpaired) electrons. The van der Waals surface area contributed by atoms with Crippen LogP contribution < -0.4 is 16.4 Å². The Morgan fingerprint density at radius 1 is 1.20 bits per heavy atom. The zero-order valence-electron chi connectivity index (χ0n) is 10.7. The Morgan fingerprint density at radius 2 is 1.95 bits per heavy atom. The summed E-state index contributed by atoms with van der Waals surface area (Å²) in [5.74, 6) is -0.635. The summed E-state index contributed by atoms with van der Waals surface area (Å²) in [5, 5.41) is 5.82. The van der Waals surface area contributed by atoms with E-state index in [1.807, 2.05) is 0 Å². The largest absolute Gasteiger partial charge is 0.397 e. The van der Waals surface area contributed by atoms with Gasteiger partial charge in [0.15, 0.2) is 0 Å². The molecule has 2 rings (SSSR count). The first-order valence-corrected chi connectivity index (χ1v) is 6.22. The molecule has 2 aromatic rings. The quantitative estimate of drug-likeness (QED) is 0.762. The average molecular weight is 294 g/mol. The highest BCUT2D eigenvalue weighted by Gasteiger charge is 2.08. The molecule has 0 aromatic heterocycles. The van der Waals surface area contributed by atoms with Crippen molar-refractivity contribution in [2.45, 2.75) is 0 Å². The molecular formula is C14H13ClFN3O. The van der Waals surface area contributed by atoms with Gasteiger partial charge < -0.3 is 16.4 Å². The number of nitrogens with one attached hydrogen (secondary N) is 2. The van der Waals surface area contributed by atoms with E-state index in [9.17, 15) is 9.18 Å². The van der Waals surface area contributed by atoms with Crippen molar-refractivity contribution in [3.63, 3.8) is 0 Å². The monoisotopic (exact) mass is 293 g/mol. The molecule has 20 heavy (non-hydrogen) atoms. The Hall–Kier alpha value is -2.27. The van der Waals surface area contributed by atoms with Crippen molar-refractivity contribution in [3.8, 4) is 0 Å². The van der Waals surface area contributed by atoms with Crippen molar-refractivity contribution in [1.82, 2.24) is 5.32 Å². The van der Waals surface area contributed by atoms with Crippen LogP contribution in [0.3, 0.4) is 0 Å². The summed E-state index contributed by atoms with van der Waals surface area (Å²) in [6, 6.07) is 8.79. The maximum Gasteiger partial charge on any atom is 0.251 e. The van der Waals surface area contributed by atoms with E-state index >= 15 is 0 Å². The lowest BCUT2D eigenvalue weighted by Gasteiger charge is -2.12. The van der Waals surface area contributed by atoms with Crippen LogP contribution in [0.15, 0.2) is 36.4 Å². The second-order valence-corrected chi connectivity index (χ2v) is 4.54. The lowest BCUT2D eigenvalue weighted by molar-refractivity contribution is 0.0963. The van der Waals surface area contributed by atoms with Gasteiger partial charge in [-0.3, -0.25) is 4.79 Å². The molecule has 0 unspecified atom stereocenters. The van der Waals surface area contributed by atoms with E-state index in [1.54, 1.807) is 12.1 Å². The summed E-state index contributed by atoms with van der Waals surface area (Å²) in [5.41, 5.74) is 7.64. The summed E-state index contributed by atoms with van der Waals surface area (Å²) >= 11 is 5.97. The SMILES string of the molecule is CNC(=O)c1ccc(Nc2cc(F)ccc2Cl)c(N)c1. The van der Waals surface area contributed by atoms with Gasteiger partial charge in [0.1, 0.15) is 5.82 Å². The van der Waals surface area contributed by atoms with Crippen molar-refractivity contribution in [2.24, 2.45) is 0 Å². The number of benzene rings is 2. The number of nitrogens with two attached hydrogens (primary N) is 1. The minimum atomic E-state index is -0.405. The molecule has 4 nitrogen and oxygen atoms in total. The van der Waals surface area contributed by atoms with Crippen LogP contribution in [0, 0.1) is 5.82 Å². The molecule has 0 aliphatic heterocycles. The maximum atomic E-state index is 13.2. The first-order chi connectivity index (χ1) is 9.51. The highest BCUT2D eigenvalue weighted by Crippen LogP contribution is 2.29. The first kappa shape index (κ1) is 14.1. The zero-order valence-corrected chi connectivity index (χ0v) is 11.5. The molecular weight excluding hydrogens is 281 g/mol. The van der Waals surface area contributed by atoms with Crippen molar-refractivity contribution < 1.29 is 9.18 Å². The summed E-state index contributed by atoms with van der Waals surface area (Å²) in [7, 11) is 1.54. The Bertz CT molecular complexity index is 661. The van der Waals surface area contributed by atoms with Crippen LogP contribution in [0.2, 0.25) is 5.02 Å². The van der Waals surface area contributed by atoms with E-state index in [-0.39, 0.29) is 5.91 Å². The van der Waals surface area contributed by atoms with Gasteiger partial charge in [-0.15, -0.1) is 0 Å². The average Bonchev–Trinajstić information content (AvgIpc) is 2.44. The molecule has 0 saturated carbocycles. The molecule has 0 spiro atoms. The van der Waals surface area contributed by atoms with Crippen LogP contribution in [-0.4, -0.2) is 13.0 Å². The van der Waals surface area contributed by atoms with Crippen LogP contribution >= 0.6 is 11.6 Å². The number of hydrogen-bond acceptors (Lipinski definition) is 3. The number of amides is 1. The standard InChI is InChI=1S/C14H13ClFN3O/c1-18-14(20)8-2-5-12(11(17)6-8)19-13-7-9(16)3-4-10(13)15/h2-7,19H,17H2,1H3,(H,18,20). The van der Waals surface area contributed by atoms with Crippen LogP contribution in [0.4, 0.5) is 21.5 Å². The Morgan fingerprint density at radius 3 is 2.60 bits per heavy atom. The fourth-order valence-electron chi connectivity index (χ4n) is 1.70. The zero-order chi connectivity index (χ0) is 14.7. The van der Waals surface area contributed by atoms with Crippen LogP contribution in [0.5, 0.6) is 0 Å². The fourth-order valence-corrected chi connectivity index (χ4v) is 1.87. The van der Waals surface area contributed by atoms with Crippen LogP contribution in [0.25, 0.3) is 0 Å². The predicted octanol–water partition coefficient (Wildman–Crippen LogP) is 3.16. The second kappa shape index (κ2) is 5.79. The lowest BCUT2D eigenvalue weighted by atomic mass is 10.1. The van der Waals surface area contributed by atoms with Gasteiger partial charge >= 0.3 is 0 Å². The Kier molecular flexibility index (Phi) is 4.10. The molecule has 0 fully saturated rings. The van der Waals surface area contributed by atoms with Gasteiger partial charge in [-0.05, 0) is 36.4 Å². The lowest BCUT2D eigenvalue weighted by Crippen LogP contribution is -2.17. The van der Waals surface area contributed by atoms with Crippen molar-refractivity contribution >= 4 is 34.6 Å². The number of carbonyl (C=O) groups is 1. The summed E-state index contributed by atoms with van der Waals surface area (Å²) in [4.78, 5) is 11.5. The smallest absolute Gasteiger partial charge is 0.251 e. The molecule has 104 valence electrons. The fraction of sp³-hybridized carbons (Fsp3) is 0.0714. The van der Waals surface area contributed by atoms with Gasteiger partial charge in [-0.25, -0.2) is 4.39 Å². The van der Waals surface area contributed by atoms with E-state index in [4.69, 9.17) is 17.3 Å². The minimum absolute atomic E-state index is 0.230. The molecule has 4 N–H and O–H groups in total.